The van der Waals surface area contributed by atoms with Crippen LogP contribution in [-0.2, 0) is 24.8 Å². The van der Waals surface area contributed by atoms with Crippen molar-refractivity contribution in [2.24, 2.45) is 7.05 Å². The summed E-state index contributed by atoms with van der Waals surface area (Å²) in [6.07, 6.45) is 3.78. The minimum Gasteiger partial charge on any atom is -0.544 e. The maximum atomic E-state index is 15.2. The molecule has 1 saturated heterocycles. The lowest BCUT2D eigenvalue weighted by molar-refractivity contribution is 0.0531. The number of piperazine rings is 1. The lowest BCUT2D eigenvalue weighted by Crippen LogP contribution is -2.53. The average molecular weight is 928 g/mol. The fraction of sp³-hybridized carbons (Fsp3) is 0.377. The van der Waals surface area contributed by atoms with Gasteiger partial charge in [-0.2, -0.15) is 0 Å². The summed E-state index contributed by atoms with van der Waals surface area (Å²) in [4.78, 5) is 52.0. The summed E-state index contributed by atoms with van der Waals surface area (Å²) in [6.45, 7) is 21.7. The number of likely N-dealkylation sites (N-methyl/N-ethyl adjacent to an activating group) is 1. The normalized spacial score (nSPS) is 16.3. The van der Waals surface area contributed by atoms with Crippen LogP contribution in [0.25, 0.3) is 22.2 Å². The number of hydrogen-bond acceptors (Lipinski definition) is 7. The van der Waals surface area contributed by atoms with Gasteiger partial charge in [0.15, 0.2) is 0 Å². The molecule has 346 valence electrons. The molecule has 0 N–H and O–H groups in total. The van der Waals surface area contributed by atoms with Crippen molar-refractivity contribution in [3.8, 4) is 17.0 Å². The second kappa shape index (κ2) is 18.2. The number of carbonyl (C=O) groups excluding carboxylic acids is 3. The summed E-state index contributed by atoms with van der Waals surface area (Å²) < 4.78 is 15.7. The molecule has 13 heteroatoms. The molecular formula is C53H63ClN6O5Si. The largest absolute Gasteiger partial charge is 0.544 e. The first kappa shape index (κ1) is 46.9. The zero-order valence-electron chi connectivity index (χ0n) is 40.0. The smallest absolute Gasteiger partial charge is 0.418 e. The van der Waals surface area contributed by atoms with E-state index in [-0.39, 0.29) is 22.9 Å². The molecule has 11 nitrogen and oxygen atoms in total. The van der Waals surface area contributed by atoms with Crippen LogP contribution in [0.4, 0.5) is 16.2 Å². The standard InChI is InChI=1S/C53H63ClN6O5Si/c1-52(2,3)64-51(63)58-24-23-37-30-42(18-22-47(37)58)60(41-16-19-44(20-17-41)65-66(9,10)53(4,5)6)49(61)39-31-48(56(8)33-39)46-32-40(54)15-21-45(46)50(62)59-34-38-14-12-11-13-36(38)29-43(59)35-57-27-25-55(7)26-28-57/h11-24,30-33,43H,25-29,34-35H2,1-10H3/t43-/m0/s1. The van der Waals surface area contributed by atoms with Gasteiger partial charge in [0.1, 0.15) is 11.4 Å². The minimum absolute atomic E-state index is 0.00277. The zero-order valence-corrected chi connectivity index (χ0v) is 41.8. The number of amides is 2. The molecule has 66 heavy (non-hydrogen) atoms. The van der Waals surface area contributed by atoms with Crippen LogP contribution >= 0.6 is 11.6 Å². The quantitative estimate of drug-likeness (QED) is 0.133. The van der Waals surface area contributed by atoms with Crippen LogP contribution in [0.1, 0.15) is 73.4 Å². The van der Waals surface area contributed by atoms with Gasteiger partial charge in [-0.05, 0) is 136 Å². The van der Waals surface area contributed by atoms with Crippen LogP contribution in [0.5, 0.6) is 5.75 Å². The van der Waals surface area contributed by atoms with Crippen LogP contribution in [-0.4, -0.2) is 101 Å². The Balaban J connectivity index is 1.16. The maximum absolute atomic E-state index is 15.2. The van der Waals surface area contributed by atoms with Crippen LogP contribution in [0.15, 0.2) is 109 Å². The first-order chi connectivity index (χ1) is 31.2. The van der Waals surface area contributed by atoms with Crippen molar-refractivity contribution >= 4 is 60.1 Å². The number of aryl methyl sites for hydroxylation is 1. The Morgan fingerprint density at radius 1 is 0.803 bits per heavy atom. The number of benzene rings is 4. The molecule has 0 spiro atoms. The van der Waals surface area contributed by atoms with Crippen molar-refractivity contribution in [1.82, 2.24) is 23.8 Å². The highest BCUT2D eigenvalue weighted by molar-refractivity contribution is 6.74. The van der Waals surface area contributed by atoms with E-state index in [1.165, 1.54) is 10.1 Å². The van der Waals surface area contributed by atoms with Gasteiger partial charge in [-0.3, -0.25) is 24.0 Å². The third kappa shape index (κ3) is 9.88. The van der Waals surface area contributed by atoms with Gasteiger partial charge < -0.3 is 23.5 Å². The van der Waals surface area contributed by atoms with Crippen LogP contribution in [0.2, 0.25) is 23.2 Å². The third-order valence-corrected chi connectivity index (χ3v) is 18.0. The summed E-state index contributed by atoms with van der Waals surface area (Å²) >= 11 is 6.75. The number of fused-ring (bicyclic) bond motifs is 2. The molecule has 2 aliphatic rings. The number of carbonyl (C=O) groups is 3. The molecule has 8 rings (SSSR count). The molecule has 2 aliphatic heterocycles. The number of nitrogens with zero attached hydrogens (tertiary/aromatic N) is 6. The molecule has 0 saturated carbocycles. The summed E-state index contributed by atoms with van der Waals surface area (Å²) in [6, 6.07) is 30.7. The highest BCUT2D eigenvalue weighted by Crippen LogP contribution is 2.39. The summed E-state index contributed by atoms with van der Waals surface area (Å²) in [5.74, 6) is 0.388. The second-order valence-electron chi connectivity index (χ2n) is 20.5. The Morgan fingerprint density at radius 2 is 1.48 bits per heavy atom. The third-order valence-electron chi connectivity index (χ3n) is 13.4. The van der Waals surface area contributed by atoms with Gasteiger partial charge in [0.25, 0.3) is 11.8 Å². The highest BCUT2D eigenvalue weighted by Gasteiger charge is 2.39. The maximum Gasteiger partial charge on any atom is 0.418 e. The first-order valence-electron chi connectivity index (χ1n) is 22.9. The van der Waals surface area contributed by atoms with Crippen molar-refractivity contribution in [1.29, 1.82) is 0 Å². The van der Waals surface area contributed by atoms with Crippen LogP contribution in [0.3, 0.4) is 0 Å². The molecule has 2 amide bonds. The lowest BCUT2D eigenvalue weighted by atomic mass is 9.92. The topological polar surface area (TPSA) is 92.5 Å². The fourth-order valence-corrected chi connectivity index (χ4v) is 9.90. The molecule has 2 aromatic heterocycles. The number of anilines is 2. The minimum atomic E-state index is -2.14. The first-order valence-corrected chi connectivity index (χ1v) is 26.2. The predicted octanol–water partition coefficient (Wildman–Crippen LogP) is 11.3. The molecule has 0 bridgehead atoms. The second-order valence-corrected chi connectivity index (χ2v) is 25.6. The van der Waals surface area contributed by atoms with Crippen molar-refractivity contribution in [3.63, 3.8) is 0 Å². The van der Waals surface area contributed by atoms with E-state index in [0.29, 0.717) is 50.8 Å². The van der Waals surface area contributed by atoms with Crippen LogP contribution in [0, 0.1) is 0 Å². The van der Waals surface area contributed by atoms with Gasteiger partial charge in [0.05, 0.1) is 11.1 Å². The molecule has 4 heterocycles. The van der Waals surface area contributed by atoms with Gasteiger partial charge in [0, 0.05) is 103 Å². The number of rotatable bonds is 9. The van der Waals surface area contributed by atoms with E-state index in [2.05, 4.69) is 68.9 Å². The van der Waals surface area contributed by atoms with Crippen molar-refractivity contribution in [3.05, 3.63) is 137 Å². The van der Waals surface area contributed by atoms with Gasteiger partial charge in [-0.1, -0.05) is 56.6 Å². The highest BCUT2D eigenvalue weighted by atomic mass is 35.5. The van der Waals surface area contributed by atoms with Crippen molar-refractivity contribution in [2.75, 3.05) is 44.7 Å². The van der Waals surface area contributed by atoms with Gasteiger partial charge in [-0.25, -0.2) is 4.79 Å². The summed E-state index contributed by atoms with van der Waals surface area (Å²) in [5.41, 5.74) is 5.93. The number of aromatic nitrogens is 2. The van der Waals surface area contributed by atoms with E-state index in [1.54, 1.807) is 23.4 Å². The monoisotopic (exact) mass is 926 g/mol. The number of halogens is 1. The van der Waals surface area contributed by atoms with E-state index in [1.807, 2.05) is 110 Å². The summed E-state index contributed by atoms with van der Waals surface area (Å²) in [7, 11) is 1.90. The van der Waals surface area contributed by atoms with Gasteiger partial charge in [0.2, 0.25) is 8.32 Å². The zero-order chi connectivity index (χ0) is 47.3. The Bertz CT molecular complexity index is 2770. The Labute approximate surface area is 395 Å². The fourth-order valence-electron chi connectivity index (χ4n) is 8.70. The van der Waals surface area contributed by atoms with Crippen molar-refractivity contribution in [2.45, 2.75) is 84.3 Å². The molecule has 1 atom stereocenters. The molecule has 0 unspecified atom stereocenters. The Kier molecular flexibility index (Phi) is 12.9. The molecule has 1 fully saturated rings. The van der Waals surface area contributed by atoms with E-state index in [0.717, 1.165) is 55.8 Å². The van der Waals surface area contributed by atoms with Gasteiger partial charge in [-0.15, -0.1) is 0 Å². The molecule has 4 aromatic carbocycles. The van der Waals surface area contributed by atoms with E-state index < -0.39 is 20.0 Å². The Hall–Kier alpha value is -5.66. The molecule has 0 radical (unpaired) electrons. The van der Waals surface area contributed by atoms with E-state index >= 15 is 9.59 Å². The SMILES string of the molecule is CN1CCN(C[C@@H]2Cc3ccccc3CN2C(=O)c2ccc(Cl)cc2-c2cc(C(=O)N(c3ccc(O[Si](C)(C)C(C)(C)C)cc3)c3ccc4c(ccn4C(=O)OC(C)(C)C)c3)cn2C)CC1. The van der Waals surface area contributed by atoms with Gasteiger partial charge >= 0.3 is 6.09 Å². The van der Waals surface area contributed by atoms with E-state index in [4.69, 9.17) is 20.8 Å². The lowest BCUT2D eigenvalue weighted by Gasteiger charge is -2.41. The number of hydrogen-bond donors (Lipinski definition) is 0. The average Bonchev–Trinajstić information content (AvgIpc) is 3.87. The summed E-state index contributed by atoms with van der Waals surface area (Å²) in [5, 5.41) is 1.25. The molecule has 6 aromatic rings. The molecule has 0 aliphatic carbocycles. The van der Waals surface area contributed by atoms with Crippen molar-refractivity contribution < 1.29 is 23.5 Å². The predicted molar refractivity (Wildman–Crippen MR) is 268 cm³/mol. The van der Waals surface area contributed by atoms with E-state index in [9.17, 15) is 4.79 Å². The number of ether oxygens (including phenoxy) is 1. The van der Waals surface area contributed by atoms with Crippen LogP contribution < -0.4 is 9.33 Å². The Morgan fingerprint density at radius 3 is 2.17 bits per heavy atom. The molecular weight excluding hydrogens is 864 g/mol.